The largest absolute Gasteiger partial charge is 0.311 e. The first-order chi connectivity index (χ1) is 9.83. The van der Waals surface area contributed by atoms with Crippen LogP contribution in [0.25, 0.3) is 0 Å². The molecule has 110 valence electrons. The number of nitrogens with zero attached hydrogens (tertiary/aromatic N) is 2. The molecule has 3 rings (SSSR count). The van der Waals surface area contributed by atoms with Crippen LogP contribution in [0.2, 0.25) is 0 Å². The van der Waals surface area contributed by atoms with Gasteiger partial charge in [0.15, 0.2) is 0 Å². The van der Waals surface area contributed by atoms with Crippen molar-refractivity contribution in [1.82, 2.24) is 15.2 Å². The minimum absolute atomic E-state index is 0.714. The summed E-state index contributed by atoms with van der Waals surface area (Å²) in [5.41, 5.74) is 2.75. The summed E-state index contributed by atoms with van der Waals surface area (Å²) in [6.07, 6.45) is 11.1. The Morgan fingerprint density at radius 3 is 2.95 bits per heavy atom. The highest BCUT2D eigenvalue weighted by Crippen LogP contribution is 2.28. The molecule has 1 aromatic rings. The summed E-state index contributed by atoms with van der Waals surface area (Å²) >= 11 is 0. The molecule has 1 aromatic heterocycles. The predicted octanol–water partition coefficient (Wildman–Crippen LogP) is 2.74. The van der Waals surface area contributed by atoms with Gasteiger partial charge in [0, 0.05) is 44.6 Å². The lowest BCUT2D eigenvalue weighted by Gasteiger charge is -2.39. The van der Waals surface area contributed by atoms with Gasteiger partial charge >= 0.3 is 0 Å². The van der Waals surface area contributed by atoms with E-state index in [1.54, 1.807) is 0 Å². The van der Waals surface area contributed by atoms with Gasteiger partial charge in [-0.15, -0.1) is 0 Å². The summed E-state index contributed by atoms with van der Waals surface area (Å²) < 4.78 is 0. The Morgan fingerprint density at radius 1 is 1.30 bits per heavy atom. The number of aromatic nitrogens is 1. The van der Waals surface area contributed by atoms with Crippen molar-refractivity contribution in [2.24, 2.45) is 5.92 Å². The van der Waals surface area contributed by atoms with E-state index >= 15 is 0 Å². The van der Waals surface area contributed by atoms with Crippen LogP contribution in [0.4, 0.5) is 0 Å². The van der Waals surface area contributed by atoms with Gasteiger partial charge in [0.25, 0.3) is 0 Å². The number of aryl methyl sites for hydroxylation is 1. The van der Waals surface area contributed by atoms with Gasteiger partial charge in [0.1, 0.15) is 0 Å². The maximum absolute atomic E-state index is 4.20. The molecule has 1 aliphatic carbocycles. The summed E-state index contributed by atoms with van der Waals surface area (Å²) in [6, 6.07) is 2.89. The van der Waals surface area contributed by atoms with E-state index in [9.17, 15) is 0 Å². The van der Waals surface area contributed by atoms with Crippen molar-refractivity contribution in [3.63, 3.8) is 0 Å². The number of hydrogen-bond donors (Lipinski definition) is 1. The number of piperazine rings is 1. The molecular weight excluding hydrogens is 246 g/mol. The molecule has 20 heavy (non-hydrogen) atoms. The summed E-state index contributed by atoms with van der Waals surface area (Å²) in [4.78, 5) is 6.82. The zero-order valence-corrected chi connectivity index (χ0v) is 12.6. The molecule has 2 fully saturated rings. The number of pyridine rings is 1. The standard InChI is InChI=1S/C17H27N3/c1-14-11-18-8-7-16(14)12-20-10-9-19-17(13-20)15-5-3-2-4-6-15/h7-8,11,15,17,19H,2-6,9-10,12-13H2,1H3. The van der Waals surface area contributed by atoms with Crippen LogP contribution >= 0.6 is 0 Å². The Morgan fingerprint density at radius 2 is 2.15 bits per heavy atom. The maximum Gasteiger partial charge on any atom is 0.0300 e. The van der Waals surface area contributed by atoms with E-state index in [4.69, 9.17) is 0 Å². The van der Waals surface area contributed by atoms with Gasteiger partial charge in [-0.05, 0) is 42.9 Å². The van der Waals surface area contributed by atoms with E-state index in [1.807, 2.05) is 12.4 Å². The second kappa shape index (κ2) is 6.68. The van der Waals surface area contributed by atoms with E-state index < -0.39 is 0 Å². The third-order valence-corrected chi connectivity index (χ3v) is 5.04. The molecule has 0 aromatic carbocycles. The zero-order valence-electron chi connectivity index (χ0n) is 12.6. The summed E-state index contributed by atoms with van der Waals surface area (Å²) in [7, 11) is 0. The molecule has 0 spiro atoms. The van der Waals surface area contributed by atoms with Crippen LogP contribution in [-0.2, 0) is 6.54 Å². The number of nitrogens with one attached hydrogen (secondary N) is 1. The fourth-order valence-electron chi connectivity index (χ4n) is 3.76. The monoisotopic (exact) mass is 273 g/mol. The van der Waals surface area contributed by atoms with Crippen LogP contribution in [-0.4, -0.2) is 35.6 Å². The highest BCUT2D eigenvalue weighted by Gasteiger charge is 2.27. The van der Waals surface area contributed by atoms with Gasteiger partial charge in [0.2, 0.25) is 0 Å². The van der Waals surface area contributed by atoms with E-state index in [2.05, 4.69) is 28.2 Å². The fraction of sp³-hybridized carbons (Fsp3) is 0.706. The van der Waals surface area contributed by atoms with Crippen LogP contribution in [0, 0.1) is 12.8 Å². The van der Waals surface area contributed by atoms with Crippen molar-refractivity contribution in [3.8, 4) is 0 Å². The highest BCUT2D eigenvalue weighted by atomic mass is 15.2. The Labute approximate surface area is 122 Å². The summed E-state index contributed by atoms with van der Waals surface area (Å²) in [5.74, 6) is 0.907. The third kappa shape index (κ3) is 3.39. The fourth-order valence-corrected chi connectivity index (χ4v) is 3.76. The first-order valence-corrected chi connectivity index (χ1v) is 8.18. The first-order valence-electron chi connectivity index (χ1n) is 8.18. The lowest BCUT2D eigenvalue weighted by Crippen LogP contribution is -2.53. The Balaban J connectivity index is 1.59. The molecular formula is C17H27N3. The predicted molar refractivity (Wildman–Crippen MR) is 82.6 cm³/mol. The topological polar surface area (TPSA) is 28.2 Å². The third-order valence-electron chi connectivity index (χ3n) is 5.04. The quantitative estimate of drug-likeness (QED) is 0.918. The van der Waals surface area contributed by atoms with E-state index in [0.29, 0.717) is 6.04 Å². The molecule has 1 saturated heterocycles. The molecule has 1 N–H and O–H groups in total. The molecule has 3 heteroatoms. The van der Waals surface area contributed by atoms with Crippen molar-refractivity contribution in [1.29, 1.82) is 0 Å². The molecule has 0 bridgehead atoms. The average molecular weight is 273 g/mol. The van der Waals surface area contributed by atoms with Crippen molar-refractivity contribution in [2.75, 3.05) is 19.6 Å². The lowest BCUT2D eigenvalue weighted by atomic mass is 9.83. The van der Waals surface area contributed by atoms with E-state index in [1.165, 1.54) is 56.3 Å². The minimum Gasteiger partial charge on any atom is -0.311 e. The summed E-state index contributed by atoms with van der Waals surface area (Å²) in [6.45, 7) is 6.78. The first kappa shape index (κ1) is 14.0. The van der Waals surface area contributed by atoms with E-state index in [0.717, 1.165) is 19.0 Å². The van der Waals surface area contributed by atoms with Gasteiger partial charge in [-0.1, -0.05) is 19.3 Å². The van der Waals surface area contributed by atoms with E-state index in [-0.39, 0.29) is 0 Å². The molecule has 2 aliphatic rings. The molecule has 1 atom stereocenters. The minimum atomic E-state index is 0.714. The van der Waals surface area contributed by atoms with Gasteiger partial charge in [-0.25, -0.2) is 0 Å². The van der Waals surface area contributed by atoms with Crippen LogP contribution < -0.4 is 5.32 Å². The van der Waals surface area contributed by atoms with Crippen LogP contribution in [0.5, 0.6) is 0 Å². The second-order valence-electron chi connectivity index (χ2n) is 6.50. The maximum atomic E-state index is 4.20. The number of hydrogen-bond acceptors (Lipinski definition) is 3. The van der Waals surface area contributed by atoms with Crippen molar-refractivity contribution in [3.05, 3.63) is 29.6 Å². The highest BCUT2D eigenvalue weighted by molar-refractivity contribution is 5.21. The normalized spacial score (nSPS) is 25.8. The van der Waals surface area contributed by atoms with Gasteiger partial charge in [-0.3, -0.25) is 9.88 Å². The van der Waals surface area contributed by atoms with Crippen LogP contribution in [0.3, 0.4) is 0 Å². The Bertz CT molecular complexity index is 426. The Hall–Kier alpha value is -0.930. The summed E-state index contributed by atoms with van der Waals surface area (Å²) in [5, 5.41) is 3.77. The second-order valence-corrected chi connectivity index (χ2v) is 6.50. The molecule has 1 saturated carbocycles. The van der Waals surface area contributed by atoms with Crippen molar-refractivity contribution in [2.45, 2.75) is 51.6 Å². The Kier molecular flexibility index (Phi) is 4.69. The van der Waals surface area contributed by atoms with Gasteiger partial charge in [0.05, 0.1) is 0 Å². The van der Waals surface area contributed by atoms with Crippen LogP contribution in [0.15, 0.2) is 18.5 Å². The van der Waals surface area contributed by atoms with Crippen LogP contribution in [0.1, 0.15) is 43.2 Å². The lowest BCUT2D eigenvalue weighted by molar-refractivity contribution is 0.141. The molecule has 3 nitrogen and oxygen atoms in total. The average Bonchev–Trinajstić information content (AvgIpc) is 2.51. The molecule has 2 heterocycles. The molecule has 0 amide bonds. The van der Waals surface area contributed by atoms with Crippen molar-refractivity contribution < 1.29 is 0 Å². The molecule has 0 radical (unpaired) electrons. The number of rotatable bonds is 3. The molecule has 1 unspecified atom stereocenters. The van der Waals surface area contributed by atoms with Gasteiger partial charge < -0.3 is 5.32 Å². The SMILES string of the molecule is Cc1cnccc1CN1CCNC(C2CCCCC2)C1. The van der Waals surface area contributed by atoms with Gasteiger partial charge in [-0.2, -0.15) is 0 Å². The van der Waals surface area contributed by atoms with Crippen molar-refractivity contribution >= 4 is 0 Å². The zero-order chi connectivity index (χ0) is 13.8. The smallest absolute Gasteiger partial charge is 0.0300 e. The molecule has 1 aliphatic heterocycles.